The monoisotopic (exact) mass is 397 g/mol. The standard InChI is InChI=1S/C18H27N3O5S/c1-4-19-10-12-20(13-11-19)17(22)14-21(27(3,24)25)16-9-7-6-8-15(16)18(23)26-5-2/h6-9H,4-5,10-14H2,1-3H3. The van der Waals surface area contributed by atoms with Crippen LogP contribution in [0.1, 0.15) is 24.2 Å². The molecule has 1 amide bonds. The summed E-state index contributed by atoms with van der Waals surface area (Å²) in [6, 6.07) is 6.26. The Bertz CT molecular complexity index is 773. The van der Waals surface area contributed by atoms with Crippen molar-refractivity contribution in [3.63, 3.8) is 0 Å². The van der Waals surface area contributed by atoms with Gasteiger partial charge in [0, 0.05) is 26.2 Å². The zero-order valence-electron chi connectivity index (χ0n) is 16.1. The topological polar surface area (TPSA) is 87.2 Å². The Morgan fingerprint density at radius 3 is 2.30 bits per heavy atom. The number of carbonyl (C=O) groups is 2. The van der Waals surface area contributed by atoms with Gasteiger partial charge in [0.2, 0.25) is 15.9 Å². The van der Waals surface area contributed by atoms with E-state index in [1.165, 1.54) is 12.1 Å². The number of hydrogen-bond donors (Lipinski definition) is 0. The van der Waals surface area contributed by atoms with Crippen molar-refractivity contribution in [1.29, 1.82) is 0 Å². The van der Waals surface area contributed by atoms with Crippen molar-refractivity contribution in [3.8, 4) is 0 Å². The average Bonchev–Trinajstić information content (AvgIpc) is 2.65. The van der Waals surface area contributed by atoms with Gasteiger partial charge in [-0.2, -0.15) is 0 Å². The number of piperazine rings is 1. The van der Waals surface area contributed by atoms with Crippen LogP contribution in [0.2, 0.25) is 0 Å². The number of hydrogen-bond acceptors (Lipinski definition) is 6. The van der Waals surface area contributed by atoms with E-state index in [0.29, 0.717) is 13.1 Å². The van der Waals surface area contributed by atoms with Crippen LogP contribution in [0.15, 0.2) is 24.3 Å². The third-order valence-electron chi connectivity index (χ3n) is 4.52. The summed E-state index contributed by atoms with van der Waals surface area (Å²) in [4.78, 5) is 28.8. The molecule has 0 spiro atoms. The number of anilines is 1. The van der Waals surface area contributed by atoms with E-state index in [9.17, 15) is 18.0 Å². The maximum atomic E-state index is 12.7. The summed E-state index contributed by atoms with van der Waals surface area (Å²) in [7, 11) is -3.77. The SMILES string of the molecule is CCOC(=O)c1ccccc1N(CC(=O)N1CCN(CC)CC1)S(C)(=O)=O. The van der Waals surface area contributed by atoms with Gasteiger partial charge in [0.05, 0.1) is 24.1 Å². The number of carbonyl (C=O) groups excluding carboxylic acids is 2. The molecule has 9 heteroatoms. The molecule has 1 fully saturated rings. The van der Waals surface area contributed by atoms with Gasteiger partial charge in [0.1, 0.15) is 6.54 Å². The highest BCUT2D eigenvalue weighted by Crippen LogP contribution is 2.24. The Kier molecular flexibility index (Phi) is 7.20. The number of ether oxygens (including phenoxy) is 1. The van der Waals surface area contributed by atoms with Crippen molar-refractivity contribution >= 4 is 27.6 Å². The molecule has 0 unspecified atom stereocenters. The number of benzene rings is 1. The first kappa shape index (κ1) is 21.2. The van der Waals surface area contributed by atoms with Crippen LogP contribution in [-0.4, -0.2) is 82.2 Å². The minimum atomic E-state index is -3.77. The summed E-state index contributed by atoms with van der Waals surface area (Å²) in [5.41, 5.74) is 0.271. The molecule has 0 saturated carbocycles. The number of sulfonamides is 1. The van der Waals surface area contributed by atoms with Crippen molar-refractivity contribution in [2.75, 3.05) is 56.4 Å². The third kappa shape index (κ3) is 5.43. The van der Waals surface area contributed by atoms with Gasteiger partial charge < -0.3 is 14.5 Å². The molecule has 0 N–H and O–H groups in total. The molecule has 1 aromatic carbocycles. The molecule has 1 aliphatic heterocycles. The molecule has 0 aromatic heterocycles. The van der Waals surface area contributed by atoms with E-state index in [-0.39, 0.29) is 30.3 Å². The average molecular weight is 397 g/mol. The van der Waals surface area contributed by atoms with E-state index in [1.807, 2.05) is 0 Å². The molecule has 1 heterocycles. The minimum absolute atomic E-state index is 0.119. The summed E-state index contributed by atoms with van der Waals surface area (Å²) in [5, 5.41) is 0. The second kappa shape index (κ2) is 9.18. The quantitative estimate of drug-likeness (QED) is 0.633. The van der Waals surface area contributed by atoms with Gasteiger partial charge in [-0.25, -0.2) is 13.2 Å². The number of esters is 1. The van der Waals surface area contributed by atoms with Gasteiger partial charge in [0.25, 0.3) is 0 Å². The largest absolute Gasteiger partial charge is 0.462 e. The highest BCUT2D eigenvalue weighted by Gasteiger charge is 2.29. The van der Waals surface area contributed by atoms with Crippen LogP contribution < -0.4 is 4.31 Å². The zero-order chi connectivity index (χ0) is 20.0. The predicted octanol–water partition coefficient (Wildman–Crippen LogP) is 0.793. The lowest BCUT2D eigenvalue weighted by Crippen LogP contribution is -2.51. The van der Waals surface area contributed by atoms with Gasteiger partial charge in [-0.1, -0.05) is 19.1 Å². The number of likely N-dealkylation sites (N-methyl/N-ethyl adjacent to an activating group) is 1. The van der Waals surface area contributed by atoms with E-state index >= 15 is 0 Å². The van der Waals surface area contributed by atoms with E-state index in [4.69, 9.17) is 4.74 Å². The fraction of sp³-hybridized carbons (Fsp3) is 0.556. The van der Waals surface area contributed by atoms with Crippen LogP contribution in [-0.2, 0) is 19.6 Å². The van der Waals surface area contributed by atoms with Crippen molar-refractivity contribution in [2.45, 2.75) is 13.8 Å². The molecule has 0 bridgehead atoms. The predicted molar refractivity (Wildman–Crippen MR) is 103 cm³/mol. The van der Waals surface area contributed by atoms with E-state index in [2.05, 4.69) is 11.8 Å². The molecular weight excluding hydrogens is 370 g/mol. The molecule has 1 aromatic rings. The Balaban J connectivity index is 2.25. The molecule has 2 rings (SSSR count). The molecule has 150 valence electrons. The summed E-state index contributed by atoms with van der Waals surface area (Å²) in [6.45, 7) is 7.14. The molecule has 8 nitrogen and oxygen atoms in total. The van der Waals surface area contributed by atoms with Crippen molar-refractivity contribution in [3.05, 3.63) is 29.8 Å². The number of nitrogens with zero attached hydrogens (tertiary/aromatic N) is 3. The third-order valence-corrected chi connectivity index (χ3v) is 5.65. The Morgan fingerprint density at radius 1 is 1.11 bits per heavy atom. The number of amides is 1. The van der Waals surface area contributed by atoms with E-state index < -0.39 is 16.0 Å². The fourth-order valence-electron chi connectivity index (χ4n) is 2.99. The molecular formula is C18H27N3O5S. The maximum Gasteiger partial charge on any atom is 0.340 e. The molecule has 0 radical (unpaired) electrons. The summed E-state index contributed by atoms with van der Waals surface area (Å²) in [5.74, 6) is -0.902. The van der Waals surface area contributed by atoms with Gasteiger partial charge in [-0.05, 0) is 25.6 Å². The highest BCUT2D eigenvalue weighted by atomic mass is 32.2. The number of para-hydroxylation sites is 1. The summed E-state index contributed by atoms with van der Waals surface area (Å²) in [6.07, 6.45) is 1.03. The summed E-state index contributed by atoms with van der Waals surface area (Å²) >= 11 is 0. The second-order valence-corrected chi connectivity index (χ2v) is 8.23. The first-order chi connectivity index (χ1) is 12.8. The van der Waals surface area contributed by atoms with E-state index in [0.717, 1.165) is 30.2 Å². The fourth-order valence-corrected chi connectivity index (χ4v) is 3.85. The van der Waals surface area contributed by atoms with Crippen molar-refractivity contribution in [2.24, 2.45) is 0 Å². The molecule has 1 saturated heterocycles. The van der Waals surface area contributed by atoms with Gasteiger partial charge >= 0.3 is 5.97 Å². The maximum absolute atomic E-state index is 12.7. The first-order valence-corrected chi connectivity index (χ1v) is 10.9. The molecule has 0 aliphatic carbocycles. The number of rotatable bonds is 7. The second-order valence-electron chi connectivity index (χ2n) is 6.32. The van der Waals surface area contributed by atoms with Crippen LogP contribution in [0.4, 0.5) is 5.69 Å². The highest BCUT2D eigenvalue weighted by molar-refractivity contribution is 7.92. The van der Waals surface area contributed by atoms with Crippen LogP contribution in [0.25, 0.3) is 0 Å². The smallest absolute Gasteiger partial charge is 0.340 e. The van der Waals surface area contributed by atoms with Gasteiger partial charge in [-0.15, -0.1) is 0 Å². The van der Waals surface area contributed by atoms with Crippen LogP contribution >= 0.6 is 0 Å². The van der Waals surface area contributed by atoms with Crippen LogP contribution in [0, 0.1) is 0 Å². The normalized spacial score (nSPS) is 15.4. The lowest BCUT2D eigenvalue weighted by molar-refractivity contribution is -0.131. The van der Waals surface area contributed by atoms with Gasteiger partial charge in [0.15, 0.2) is 0 Å². The van der Waals surface area contributed by atoms with Crippen molar-refractivity contribution in [1.82, 2.24) is 9.80 Å². The van der Waals surface area contributed by atoms with E-state index in [1.54, 1.807) is 24.0 Å². The Morgan fingerprint density at radius 2 is 1.74 bits per heavy atom. The first-order valence-electron chi connectivity index (χ1n) is 9.01. The lowest BCUT2D eigenvalue weighted by Gasteiger charge is -2.35. The molecule has 0 atom stereocenters. The van der Waals surface area contributed by atoms with Crippen LogP contribution in [0.3, 0.4) is 0 Å². The Labute approximate surface area is 160 Å². The molecule has 1 aliphatic rings. The minimum Gasteiger partial charge on any atom is -0.462 e. The van der Waals surface area contributed by atoms with Crippen molar-refractivity contribution < 1.29 is 22.7 Å². The summed E-state index contributed by atoms with van der Waals surface area (Å²) < 4.78 is 30.7. The zero-order valence-corrected chi connectivity index (χ0v) is 16.9. The lowest BCUT2D eigenvalue weighted by atomic mass is 10.1. The molecule has 27 heavy (non-hydrogen) atoms. The van der Waals surface area contributed by atoms with Gasteiger partial charge in [-0.3, -0.25) is 9.10 Å². The van der Waals surface area contributed by atoms with Crippen LogP contribution in [0.5, 0.6) is 0 Å². The Hall–Kier alpha value is -2.13.